The van der Waals surface area contributed by atoms with Gasteiger partial charge in [-0.05, 0) is 12.0 Å². The summed E-state index contributed by atoms with van der Waals surface area (Å²) in [5.74, 6) is -1.42. The molecule has 4 heteroatoms. The molecule has 1 heterocycles. The van der Waals surface area contributed by atoms with Crippen LogP contribution in [0.3, 0.4) is 0 Å². The van der Waals surface area contributed by atoms with Crippen molar-refractivity contribution in [2.75, 3.05) is 13.2 Å². The van der Waals surface area contributed by atoms with Crippen LogP contribution in [0.15, 0.2) is 30.3 Å². The summed E-state index contributed by atoms with van der Waals surface area (Å²) in [6.07, 6.45) is 0.159. The van der Waals surface area contributed by atoms with Gasteiger partial charge in [0.2, 0.25) is 0 Å². The first kappa shape index (κ1) is 16.6. The number of aliphatic hydroxyl groups excluding tert-OH is 1. The van der Waals surface area contributed by atoms with E-state index in [1.165, 1.54) is 0 Å². The van der Waals surface area contributed by atoms with Crippen LogP contribution >= 0.6 is 0 Å². The van der Waals surface area contributed by atoms with Crippen LogP contribution in [0.1, 0.15) is 45.3 Å². The van der Waals surface area contributed by atoms with Gasteiger partial charge < -0.3 is 14.6 Å². The van der Waals surface area contributed by atoms with Gasteiger partial charge in [0.05, 0.1) is 31.7 Å². The molecule has 3 atom stereocenters. The standard InChI is InChI=1S/C19H26O4/c1-4-14-16(17(21)13-8-6-5-7-9-13)15(20)10-19(14)22-11-18(2,3)12-23-19/h5-9,14,16-17,21H,4,10-12H2,1-3H3/t14-,16-,17+/m1/s1. The highest BCUT2D eigenvalue weighted by Crippen LogP contribution is 2.50. The first-order chi connectivity index (χ1) is 10.9. The second kappa shape index (κ2) is 6.00. The van der Waals surface area contributed by atoms with Gasteiger partial charge in [-0.1, -0.05) is 51.1 Å². The summed E-state index contributed by atoms with van der Waals surface area (Å²) >= 11 is 0. The summed E-state index contributed by atoms with van der Waals surface area (Å²) in [6.45, 7) is 7.36. The predicted molar refractivity (Wildman–Crippen MR) is 86.7 cm³/mol. The Morgan fingerprint density at radius 2 is 1.83 bits per heavy atom. The Kier molecular flexibility index (Phi) is 4.34. The molecule has 126 valence electrons. The van der Waals surface area contributed by atoms with Crippen LogP contribution in [0, 0.1) is 17.3 Å². The second-order valence-electron chi connectivity index (χ2n) is 7.59. The zero-order chi connectivity index (χ0) is 16.7. The highest BCUT2D eigenvalue weighted by molar-refractivity contribution is 5.85. The van der Waals surface area contributed by atoms with Crippen molar-refractivity contribution in [3.63, 3.8) is 0 Å². The quantitative estimate of drug-likeness (QED) is 0.930. The minimum Gasteiger partial charge on any atom is -0.388 e. The molecular weight excluding hydrogens is 292 g/mol. The number of rotatable bonds is 3. The Hall–Kier alpha value is -1.23. The number of carbonyl (C=O) groups is 1. The molecule has 0 unspecified atom stereocenters. The molecule has 0 radical (unpaired) electrons. The van der Waals surface area contributed by atoms with E-state index in [4.69, 9.17) is 9.47 Å². The zero-order valence-electron chi connectivity index (χ0n) is 14.1. The van der Waals surface area contributed by atoms with Gasteiger partial charge in [0, 0.05) is 11.3 Å². The molecule has 0 bridgehead atoms. The average molecular weight is 318 g/mol. The minimum atomic E-state index is -0.859. The maximum Gasteiger partial charge on any atom is 0.178 e. The van der Waals surface area contributed by atoms with Crippen molar-refractivity contribution in [1.82, 2.24) is 0 Å². The molecule has 1 saturated carbocycles. The van der Waals surface area contributed by atoms with Gasteiger partial charge in [-0.15, -0.1) is 0 Å². The maximum absolute atomic E-state index is 12.7. The van der Waals surface area contributed by atoms with Crippen molar-refractivity contribution in [3.8, 4) is 0 Å². The summed E-state index contributed by atoms with van der Waals surface area (Å²) in [7, 11) is 0. The number of hydrogen-bond acceptors (Lipinski definition) is 4. The number of hydrogen-bond donors (Lipinski definition) is 1. The molecule has 0 aromatic heterocycles. The van der Waals surface area contributed by atoms with E-state index in [9.17, 15) is 9.90 Å². The van der Waals surface area contributed by atoms with Gasteiger partial charge in [-0.3, -0.25) is 4.79 Å². The smallest absolute Gasteiger partial charge is 0.178 e. The fourth-order valence-corrected chi connectivity index (χ4v) is 3.84. The van der Waals surface area contributed by atoms with Gasteiger partial charge in [0.25, 0.3) is 0 Å². The largest absolute Gasteiger partial charge is 0.388 e. The topological polar surface area (TPSA) is 55.8 Å². The average Bonchev–Trinajstić information content (AvgIpc) is 2.82. The molecule has 1 spiro atoms. The number of ketones is 1. The summed E-state index contributed by atoms with van der Waals surface area (Å²) in [5.41, 5.74) is 0.736. The molecule has 1 aromatic carbocycles. The number of ether oxygens (including phenoxy) is 2. The molecule has 1 aliphatic carbocycles. The van der Waals surface area contributed by atoms with E-state index in [-0.39, 0.29) is 23.5 Å². The first-order valence-corrected chi connectivity index (χ1v) is 8.42. The first-order valence-electron chi connectivity index (χ1n) is 8.42. The predicted octanol–water partition coefficient (Wildman–Crippen LogP) is 3.10. The van der Waals surface area contributed by atoms with Crippen LogP contribution in [0.25, 0.3) is 0 Å². The summed E-state index contributed by atoms with van der Waals surface area (Å²) in [4.78, 5) is 12.7. The van der Waals surface area contributed by atoms with Crippen LogP contribution in [0.2, 0.25) is 0 Å². The molecule has 2 aliphatic rings. The SMILES string of the molecule is CC[C@@H]1[C@@H]([C@@H](O)c2ccccc2)C(=O)CC12OCC(C)(C)CO2. The van der Waals surface area contributed by atoms with Crippen molar-refractivity contribution in [2.24, 2.45) is 17.3 Å². The Labute approximate surface area is 137 Å². The Morgan fingerprint density at radius 3 is 2.39 bits per heavy atom. The van der Waals surface area contributed by atoms with Gasteiger partial charge in [0.1, 0.15) is 5.78 Å². The molecule has 23 heavy (non-hydrogen) atoms. The van der Waals surface area contributed by atoms with Crippen molar-refractivity contribution < 1.29 is 19.4 Å². The van der Waals surface area contributed by atoms with Gasteiger partial charge in [-0.25, -0.2) is 0 Å². The molecule has 0 amide bonds. The van der Waals surface area contributed by atoms with Crippen LogP contribution < -0.4 is 0 Å². The van der Waals surface area contributed by atoms with Crippen molar-refractivity contribution in [3.05, 3.63) is 35.9 Å². The molecule has 1 saturated heterocycles. The Morgan fingerprint density at radius 1 is 1.22 bits per heavy atom. The normalized spacial score (nSPS) is 30.5. The van der Waals surface area contributed by atoms with E-state index in [0.29, 0.717) is 13.2 Å². The molecule has 1 aliphatic heterocycles. The summed E-state index contributed by atoms with van der Waals surface area (Å²) in [6, 6.07) is 9.39. The number of carbonyl (C=O) groups excluding carboxylic acids is 1. The number of Topliss-reactive ketones (excluding diaryl/α,β-unsaturated/α-hetero) is 1. The van der Waals surface area contributed by atoms with E-state index in [1.54, 1.807) is 0 Å². The van der Waals surface area contributed by atoms with Gasteiger partial charge in [0.15, 0.2) is 5.79 Å². The second-order valence-corrected chi connectivity index (χ2v) is 7.59. The van der Waals surface area contributed by atoms with Crippen LogP contribution in [0.4, 0.5) is 0 Å². The lowest BCUT2D eigenvalue weighted by Gasteiger charge is -2.45. The van der Waals surface area contributed by atoms with Crippen molar-refractivity contribution >= 4 is 5.78 Å². The number of aliphatic hydroxyl groups is 1. The molecular formula is C19H26O4. The van der Waals surface area contributed by atoms with Crippen molar-refractivity contribution in [2.45, 2.75) is 45.5 Å². The molecule has 3 rings (SSSR count). The number of benzene rings is 1. The monoisotopic (exact) mass is 318 g/mol. The lowest BCUT2D eigenvalue weighted by atomic mass is 9.82. The minimum absolute atomic E-state index is 0.0351. The fourth-order valence-electron chi connectivity index (χ4n) is 3.84. The van der Waals surface area contributed by atoms with Gasteiger partial charge in [-0.2, -0.15) is 0 Å². The maximum atomic E-state index is 12.7. The molecule has 1 N–H and O–H groups in total. The molecule has 1 aromatic rings. The van der Waals surface area contributed by atoms with E-state index in [0.717, 1.165) is 12.0 Å². The van der Waals surface area contributed by atoms with Crippen LogP contribution in [0.5, 0.6) is 0 Å². The molecule has 2 fully saturated rings. The van der Waals surface area contributed by atoms with E-state index in [2.05, 4.69) is 13.8 Å². The highest BCUT2D eigenvalue weighted by Gasteiger charge is 2.58. The van der Waals surface area contributed by atoms with E-state index in [1.807, 2.05) is 37.3 Å². The summed E-state index contributed by atoms with van der Waals surface area (Å²) < 4.78 is 12.2. The van der Waals surface area contributed by atoms with Crippen LogP contribution in [-0.4, -0.2) is 29.9 Å². The van der Waals surface area contributed by atoms with Gasteiger partial charge >= 0.3 is 0 Å². The summed E-state index contributed by atoms with van der Waals surface area (Å²) in [5, 5.41) is 10.8. The lowest BCUT2D eigenvalue weighted by molar-refractivity contribution is -0.317. The Balaban J connectivity index is 1.86. The third-order valence-corrected chi connectivity index (χ3v) is 5.13. The highest BCUT2D eigenvalue weighted by atomic mass is 16.7. The van der Waals surface area contributed by atoms with E-state index < -0.39 is 17.8 Å². The van der Waals surface area contributed by atoms with Crippen molar-refractivity contribution in [1.29, 1.82) is 0 Å². The zero-order valence-corrected chi connectivity index (χ0v) is 14.1. The third-order valence-electron chi connectivity index (χ3n) is 5.13. The molecule has 4 nitrogen and oxygen atoms in total. The fraction of sp³-hybridized carbons (Fsp3) is 0.632. The van der Waals surface area contributed by atoms with Crippen LogP contribution in [-0.2, 0) is 14.3 Å². The Bertz CT molecular complexity index is 556. The lowest BCUT2D eigenvalue weighted by Crippen LogP contribution is -2.50. The third kappa shape index (κ3) is 2.95. The van der Waals surface area contributed by atoms with E-state index >= 15 is 0 Å².